The summed E-state index contributed by atoms with van der Waals surface area (Å²) in [5, 5.41) is 0. The fourth-order valence-corrected chi connectivity index (χ4v) is 2.40. The van der Waals surface area contributed by atoms with Gasteiger partial charge >= 0.3 is 18.9 Å². The quantitative estimate of drug-likeness (QED) is 0.516. The maximum absolute atomic E-state index is 2.95. The fourth-order valence-electron chi connectivity index (χ4n) is 1.31. The van der Waals surface area contributed by atoms with Crippen molar-refractivity contribution in [3.05, 3.63) is 0 Å². The first-order valence-corrected chi connectivity index (χ1v) is 4.94. The Hall–Kier alpha value is 1.13. The molecule has 0 aromatic carbocycles. The molecule has 0 aromatic rings. The molecule has 60 valence electrons. The summed E-state index contributed by atoms with van der Waals surface area (Å²) >= 11 is 2.95. The Balaban J connectivity index is -0.000000405. The maximum Gasteiger partial charge on any atom is 1.00 e. The van der Waals surface area contributed by atoms with E-state index in [9.17, 15) is 0 Å². The molecule has 0 bridgehead atoms. The van der Waals surface area contributed by atoms with Crippen molar-refractivity contribution in [2.45, 2.75) is 45.3 Å². The van der Waals surface area contributed by atoms with Gasteiger partial charge in [-0.25, -0.2) is 0 Å². The molecular weight excluding hydrogens is 142 g/mol. The Morgan fingerprint density at radius 1 is 1.00 bits per heavy atom. The summed E-state index contributed by atoms with van der Waals surface area (Å²) in [5.74, 6) is 1.70. The summed E-state index contributed by atoms with van der Waals surface area (Å²) < 4.78 is 0.833. The van der Waals surface area contributed by atoms with Gasteiger partial charge < -0.3 is 1.43 Å². The summed E-state index contributed by atoms with van der Waals surface area (Å²) in [4.78, 5) is 0. The van der Waals surface area contributed by atoms with Crippen LogP contribution in [0.15, 0.2) is 0 Å². The van der Waals surface area contributed by atoms with Crippen molar-refractivity contribution in [2.24, 2.45) is 11.8 Å². The molecule has 0 saturated heterocycles. The van der Waals surface area contributed by atoms with E-state index in [-0.39, 0.29) is 20.3 Å². The van der Waals surface area contributed by atoms with Crippen LogP contribution in [-0.2, 0) is 0 Å². The fraction of sp³-hybridized carbons (Fsp3) is 1.00. The average molecular weight is 162 g/mol. The Morgan fingerprint density at radius 3 is 1.45 bits per heavy atom. The Morgan fingerprint density at radius 2 is 1.27 bits per heavy atom. The molecule has 11 heavy (non-hydrogen) atoms. The molecule has 0 aromatic heterocycles. The Labute approximate surface area is 93.6 Å². The molecule has 0 amide bonds. The van der Waals surface area contributed by atoms with Crippen molar-refractivity contribution < 1.29 is 20.3 Å². The largest absolute Gasteiger partial charge is 1.00 e. The minimum atomic E-state index is 0. The van der Waals surface area contributed by atoms with E-state index in [0.717, 1.165) is 16.6 Å². The first-order chi connectivity index (χ1) is 4.52. The van der Waals surface area contributed by atoms with Crippen LogP contribution in [0.3, 0.4) is 0 Å². The van der Waals surface area contributed by atoms with E-state index in [1.165, 1.54) is 12.8 Å². The molecule has 0 aliphatic heterocycles. The van der Waals surface area contributed by atoms with Crippen molar-refractivity contribution in [3.8, 4) is 0 Å². The molecule has 0 heterocycles. The van der Waals surface area contributed by atoms with E-state index in [2.05, 4.69) is 44.0 Å². The van der Waals surface area contributed by atoms with E-state index in [1.54, 1.807) is 0 Å². The zero-order valence-corrected chi connectivity index (χ0v) is 9.88. The van der Waals surface area contributed by atoms with Crippen LogP contribution in [0.1, 0.15) is 42.0 Å². The maximum atomic E-state index is 2.95. The molecule has 0 atom stereocenters. The second-order valence-corrected chi connectivity index (χ2v) is 4.96. The third-order valence-electron chi connectivity index (χ3n) is 1.55. The van der Waals surface area contributed by atoms with E-state index in [4.69, 9.17) is 0 Å². The molecule has 0 aliphatic rings. The molecule has 0 fully saturated rings. The van der Waals surface area contributed by atoms with Crippen molar-refractivity contribution in [1.82, 2.24) is 0 Å². The molecule has 0 aliphatic carbocycles. The van der Waals surface area contributed by atoms with Crippen molar-refractivity contribution in [1.29, 1.82) is 0 Å². The molecule has 2 radical (unpaired) electrons. The van der Waals surface area contributed by atoms with Gasteiger partial charge in [-0.2, -0.15) is 0 Å². The molecule has 2 heteroatoms. The summed E-state index contributed by atoms with van der Waals surface area (Å²) in [7, 11) is 0. The summed E-state index contributed by atoms with van der Waals surface area (Å²) in [6, 6.07) is 0. The molecular formula is C9H20AlLi. The van der Waals surface area contributed by atoms with Crippen LogP contribution in [-0.4, -0.2) is 16.3 Å². The van der Waals surface area contributed by atoms with Crippen molar-refractivity contribution in [2.75, 3.05) is 0 Å². The first-order valence-electron chi connectivity index (χ1n) is 4.28. The smallest absolute Gasteiger partial charge is 1.00 e. The van der Waals surface area contributed by atoms with Gasteiger partial charge in [0.25, 0.3) is 0 Å². The zero-order valence-electron chi connectivity index (χ0n) is 9.72. The molecule has 0 saturated carbocycles. The van der Waals surface area contributed by atoms with Gasteiger partial charge in [0, 0.05) is 0 Å². The van der Waals surface area contributed by atoms with E-state index in [0.29, 0.717) is 0 Å². The molecule has 0 rings (SSSR count). The van der Waals surface area contributed by atoms with Gasteiger partial charge in [-0.15, -0.1) is 4.78 Å². The Kier molecular flexibility index (Phi) is 10.3. The number of hydrogen-bond donors (Lipinski definition) is 0. The molecule has 0 spiro atoms. The van der Waals surface area contributed by atoms with Crippen LogP contribution >= 0.6 is 0 Å². The second kappa shape index (κ2) is 7.76. The Bertz CT molecular complexity index is 76.6. The van der Waals surface area contributed by atoms with Crippen LogP contribution in [0, 0.1) is 11.8 Å². The summed E-state index contributed by atoms with van der Waals surface area (Å²) in [5.41, 5.74) is 0. The van der Waals surface area contributed by atoms with Crippen LogP contribution in [0.2, 0.25) is 4.78 Å². The van der Waals surface area contributed by atoms with Gasteiger partial charge in [0.15, 0.2) is 0 Å². The van der Waals surface area contributed by atoms with Gasteiger partial charge in [-0.3, -0.25) is 0 Å². The van der Waals surface area contributed by atoms with Crippen LogP contribution < -0.4 is 18.9 Å². The number of hydrogen-bond acceptors (Lipinski definition) is 0. The predicted octanol–water partition coefficient (Wildman–Crippen LogP) is 0.152. The van der Waals surface area contributed by atoms with E-state index < -0.39 is 0 Å². The minimum Gasteiger partial charge on any atom is -1.00 e. The van der Waals surface area contributed by atoms with Gasteiger partial charge in [-0.05, 0) is 11.8 Å². The van der Waals surface area contributed by atoms with Crippen molar-refractivity contribution >= 4 is 16.3 Å². The summed E-state index contributed by atoms with van der Waals surface area (Å²) in [6.07, 6.45) is 2.70. The SMILES string of the molecule is CC(C)C[CH]([Al])CC(C)C.[H-].[Li+]. The summed E-state index contributed by atoms with van der Waals surface area (Å²) in [6.45, 7) is 9.16. The van der Waals surface area contributed by atoms with Gasteiger partial charge in [0.2, 0.25) is 0 Å². The number of rotatable bonds is 4. The van der Waals surface area contributed by atoms with E-state index >= 15 is 0 Å². The molecule has 0 nitrogen and oxygen atoms in total. The molecule has 0 N–H and O–H groups in total. The van der Waals surface area contributed by atoms with Gasteiger partial charge in [0.1, 0.15) is 16.3 Å². The van der Waals surface area contributed by atoms with Crippen LogP contribution in [0.4, 0.5) is 0 Å². The first kappa shape index (κ1) is 14.6. The predicted molar refractivity (Wildman–Crippen MR) is 49.5 cm³/mol. The van der Waals surface area contributed by atoms with E-state index in [1.807, 2.05) is 0 Å². The minimum absolute atomic E-state index is 0. The standard InChI is InChI=1S/C9H19.Al.Li.H/c1-8(2)6-5-7-9(3)4;;;/h5,8-9H,6-7H2,1-4H3;;;/q;;+1;-1. The zero-order chi connectivity index (χ0) is 8.15. The van der Waals surface area contributed by atoms with Gasteiger partial charge in [0.05, 0.1) is 0 Å². The van der Waals surface area contributed by atoms with Crippen LogP contribution in [0.5, 0.6) is 0 Å². The monoisotopic (exact) mass is 162 g/mol. The van der Waals surface area contributed by atoms with Crippen LogP contribution in [0.25, 0.3) is 0 Å². The molecule has 0 unspecified atom stereocenters. The second-order valence-electron chi connectivity index (χ2n) is 4.02. The third kappa shape index (κ3) is 11.1. The normalized spacial score (nSPS) is 10.8. The topological polar surface area (TPSA) is 0 Å². The third-order valence-corrected chi connectivity index (χ3v) is 2.09. The van der Waals surface area contributed by atoms with Crippen molar-refractivity contribution in [3.63, 3.8) is 0 Å². The van der Waals surface area contributed by atoms with Gasteiger partial charge in [-0.1, -0.05) is 40.5 Å². The average Bonchev–Trinajstić information content (AvgIpc) is 1.58.